The van der Waals surface area contributed by atoms with Gasteiger partial charge in [0.1, 0.15) is 12.4 Å². The summed E-state index contributed by atoms with van der Waals surface area (Å²) in [5.41, 5.74) is 1.36. The third-order valence-corrected chi connectivity index (χ3v) is 5.99. The summed E-state index contributed by atoms with van der Waals surface area (Å²) in [5.74, 6) is -1.32. The number of carbonyl (C=O) groups is 2. The lowest BCUT2D eigenvalue weighted by Crippen LogP contribution is -2.34. The highest BCUT2D eigenvalue weighted by molar-refractivity contribution is 7.98. The number of anilines is 1. The molecule has 0 unspecified atom stereocenters. The molecule has 1 aliphatic heterocycles. The van der Waals surface area contributed by atoms with Crippen molar-refractivity contribution in [2.75, 3.05) is 30.8 Å². The van der Waals surface area contributed by atoms with Gasteiger partial charge >= 0.3 is 5.97 Å². The Balaban J connectivity index is 1.62. The molecule has 3 rings (SSSR count). The lowest BCUT2D eigenvalue weighted by molar-refractivity contribution is -0.135. The van der Waals surface area contributed by atoms with Gasteiger partial charge < -0.3 is 20.4 Å². The molecule has 2 aromatic rings. The molecular weight excluding hydrogens is 404 g/mol. The number of aliphatic carboxylic acids is 1. The highest BCUT2D eigenvalue weighted by Crippen LogP contribution is 2.27. The first-order chi connectivity index (χ1) is 14.4. The third kappa shape index (κ3) is 5.41. The van der Waals surface area contributed by atoms with Crippen molar-refractivity contribution in [2.24, 2.45) is 5.92 Å². The van der Waals surface area contributed by atoms with Crippen LogP contribution in [0.4, 0.5) is 5.69 Å². The number of carboxylic acid groups (broad SMARTS) is 1. The molecule has 0 bridgehead atoms. The van der Waals surface area contributed by atoms with Gasteiger partial charge in [-0.15, -0.1) is 11.8 Å². The number of carboxylic acids is 1. The summed E-state index contributed by atoms with van der Waals surface area (Å²) in [6.07, 6.45) is 4.64. The Morgan fingerprint density at radius 1 is 1.20 bits per heavy atom. The zero-order valence-electron chi connectivity index (χ0n) is 17.1. The van der Waals surface area contributed by atoms with Crippen LogP contribution in [0, 0.1) is 12.8 Å². The van der Waals surface area contributed by atoms with Gasteiger partial charge in [0, 0.05) is 30.1 Å². The Morgan fingerprint density at radius 2 is 1.87 bits per heavy atom. The fourth-order valence-corrected chi connectivity index (χ4v) is 3.97. The van der Waals surface area contributed by atoms with Gasteiger partial charge in [0.25, 0.3) is 5.91 Å². The van der Waals surface area contributed by atoms with Crippen molar-refractivity contribution < 1.29 is 19.8 Å². The molecule has 1 aromatic heterocycles. The van der Waals surface area contributed by atoms with E-state index in [-0.39, 0.29) is 11.4 Å². The zero-order chi connectivity index (χ0) is 21.7. The first-order valence-electron chi connectivity index (χ1n) is 9.83. The van der Waals surface area contributed by atoms with E-state index in [1.807, 2.05) is 0 Å². The molecule has 1 amide bonds. The molecule has 160 valence electrons. The Morgan fingerprint density at radius 3 is 2.47 bits per heavy atom. The SMILES string of the molecule is CSc1ccc(N2CCC(Cc3nc(C)c(O)c(C(=O)NCC(=O)O)n3)CC2)cc1. The summed E-state index contributed by atoms with van der Waals surface area (Å²) in [4.78, 5) is 35.0. The number of aromatic nitrogens is 2. The summed E-state index contributed by atoms with van der Waals surface area (Å²) in [5, 5.41) is 21.1. The predicted molar refractivity (Wildman–Crippen MR) is 115 cm³/mol. The Labute approximate surface area is 179 Å². The molecule has 2 heterocycles. The van der Waals surface area contributed by atoms with Crippen molar-refractivity contribution in [1.82, 2.24) is 15.3 Å². The number of benzene rings is 1. The van der Waals surface area contributed by atoms with Crippen molar-refractivity contribution >= 4 is 29.3 Å². The van der Waals surface area contributed by atoms with Gasteiger partial charge in [-0.2, -0.15) is 0 Å². The molecule has 0 saturated carbocycles. The van der Waals surface area contributed by atoms with Crippen LogP contribution < -0.4 is 10.2 Å². The maximum absolute atomic E-state index is 12.2. The number of nitrogens with one attached hydrogen (secondary N) is 1. The van der Waals surface area contributed by atoms with E-state index in [4.69, 9.17) is 5.11 Å². The van der Waals surface area contributed by atoms with Gasteiger partial charge in [-0.05, 0) is 56.2 Å². The molecule has 9 heteroatoms. The topological polar surface area (TPSA) is 116 Å². The van der Waals surface area contributed by atoms with Crippen molar-refractivity contribution in [3.05, 3.63) is 41.5 Å². The fourth-order valence-electron chi connectivity index (χ4n) is 3.56. The summed E-state index contributed by atoms with van der Waals surface area (Å²) in [6.45, 7) is 2.95. The van der Waals surface area contributed by atoms with E-state index < -0.39 is 18.4 Å². The third-order valence-electron chi connectivity index (χ3n) is 5.24. The number of thioether (sulfide) groups is 1. The number of rotatable bonds is 7. The van der Waals surface area contributed by atoms with Crippen LogP contribution >= 0.6 is 11.8 Å². The van der Waals surface area contributed by atoms with Gasteiger partial charge in [0.05, 0.1) is 5.69 Å². The van der Waals surface area contributed by atoms with E-state index in [0.29, 0.717) is 23.9 Å². The van der Waals surface area contributed by atoms with Crippen LogP contribution in [0.3, 0.4) is 0 Å². The quantitative estimate of drug-likeness (QED) is 0.574. The van der Waals surface area contributed by atoms with E-state index in [9.17, 15) is 14.7 Å². The van der Waals surface area contributed by atoms with Crippen LogP contribution in [0.1, 0.15) is 34.8 Å². The fraction of sp³-hybridized carbons (Fsp3) is 0.429. The van der Waals surface area contributed by atoms with Crippen LogP contribution in [0.5, 0.6) is 5.75 Å². The molecule has 0 spiro atoms. The highest BCUT2D eigenvalue weighted by Gasteiger charge is 2.23. The molecule has 0 atom stereocenters. The summed E-state index contributed by atoms with van der Waals surface area (Å²) < 4.78 is 0. The lowest BCUT2D eigenvalue weighted by atomic mass is 9.93. The molecular formula is C21H26N4O4S. The van der Waals surface area contributed by atoms with Crippen LogP contribution in [-0.2, 0) is 11.2 Å². The van der Waals surface area contributed by atoms with Gasteiger partial charge in [-0.3, -0.25) is 9.59 Å². The Hall–Kier alpha value is -2.81. The summed E-state index contributed by atoms with van der Waals surface area (Å²) >= 11 is 1.73. The second-order valence-corrected chi connectivity index (χ2v) is 8.21. The number of amides is 1. The van der Waals surface area contributed by atoms with Crippen LogP contribution in [0.2, 0.25) is 0 Å². The monoisotopic (exact) mass is 430 g/mol. The second-order valence-electron chi connectivity index (χ2n) is 7.33. The highest BCUT2D eigenvalue weighted by atomic mass is 32.2. The van der Waals surface area contributed by atoms with Crippen molar-refractivity contribution in [2.45, 2.75) is 31.1 Å². The minimum absolute atomic E-state index is 0.176. The molecule has 1 aromatic carbocycles. The average molecular weight is 431 g/mol. The van der Waals surface area contributed by atoms with E-state index in [1.165, 1.54) is 10.6 Å². The predicted octanol–water partition coefficient (Wildman–Crippen LogP) is 2.49. The van der Waals surface area contributed by atoms with Gasteiger partial charge in [0.2, 0.25) is 0 Å². The largest absolute Gasteiger partial charge is 0.504 e. The maximum atomic E-state index is 12.2. The zero-order valence-corrected chi connectivity index (χ0v) is 17.9. The molecule has 8 nitrogen and oxygen atoms in total. The average Bonchev–Trinajstić information content (AvgIpc) is 2.75. The standard InChI is InChI=1S/C21H26N4O4S/c1-13-20(28)19(21(29)22-12-18(26)27)24-17(23-13)11-14-7-9-25(10-8-14)15-3-5-16(30-2)6-4-15/h3-6,14,28H,7-12H2,1-2H3,(H,22,29)(H,26,27). The minimum atomic E-state index is -1.16. The van der Waals surface area contributed by atoms with Crippen LogP contribution in [0.15, 0.2) is 29.2 Å². The van der Waals surface area contributed by atoms with Crippen molar-refractivity contribution in [1.29, 1.82) is 0 Å². The normalized spacial score (nSPS) is 14.5. The summed E-state index contributed by atoms with van der Waals surface area (Å²) in [7, 11) is 0. The number of carbonyl (C=O) groups excluding carboxylic acids is 1. The molecule has 0 radical (unpaired) electrons. The number of hydrogen-bond donors (Lipinski definition) is 3. The minimum Gasteiger partial charge on any atom is -0.504 e. The molecule has 1 saturated heterocycles. The van der Waals surface area contributed by atoms with Gasteiger partial charge in [-0.1, -0.05) is 0 Å². The van der Waals surface area contributed by atoms with E-state index in [0.717, 1.165) is 25.9 Å². The Bertz CT molecular complexity index is 912. The van der Waals surface area contributed by atoms with Crippen molar-refractivity contribution in [3.63, 3.8) is 0 Å². The number of piperidine rings is 1. The van der Waals surface area contributed by atoms with Gasteiger partial charge in [-0.25, -0.2) is 9.97 Å². The molecule has 3 N–H and O–H groups in total. The maximum Gasteiger partial charge on any atom is 0.322 e. The number of nitrogens with zero attached hydrogens (tertiary/aromatic N) is 3. The second kappa shape index (κ2) is 9.80. The van der Waals surface area contributed by atoms with Crippen LogP contribution in [0.25, 0.3) is 0 Å². The molecule has 1 aliphatic rings. The smallest absolute Gasteiger partial charge is 0.322 e. The first kappa shape index (κ1) is 21.9. The van der Waals surface area contributed by atoms with E-state index >= 15 is 0 Å². The first-order valence-corrected chi connectivity index (χ1v) is 11.0. The number of hydrogen-bond acceptors (Lipinski definition) is 7. The number of aromatic hydroxyl groups is 1. The number of aryl methyl sites for hydroxylation is 1. The molecule has 30 heavy (non-hydrogen) atoms. The lowest BCUT2D eigenvalue weighted by Gasteiger charge is -2.33. The van der Waals surface area contributed by atoms with Gasteiger partial charge in [0.15, 0.2) is 11.4 Å². The summed E-state index contributed by atoms with van der Waals surface area (Å²) in [6, 6.07) is 8.58. The van der Waals surface area contributed by atoms with E-state index in [2.05, 4.69) is 50.7 Å². The molecule has 0 aliphatic carbocycles. The van der Waals surface area contributed by atoms with Crippen molar-refractivity contribution in [3.8, 4) is 5.75 Å². The van der Waals surface area contributed by atoms with E-state index in [1.54, 1.807) is 18.7 Å². The molecule has 1 fully saturated rings. The Kier molecular flexibility index (Phi) is 7.15. The van der Waals surface area contributed by atoms with Crippen LogP contribution in [-0.4, -0.2) is 57.9 Å².